The summed E-state index contributed by atoms with van der Waals surface area (Å²) >= 11 is 1.24. The Balaban J connectivity index is 1.15. The quantitative estimate of drug-likeness (QED) is 0.339. The minimum atomic E-state index is -0.206. The number of rotatable bonds is 5. The van der Waals surface area contributed by atoms with E-state index in [1.165, 1.54) is 11.8 Å². The summed E-state index contributed by atoms with van der Waals surface area (Å²) in [7, 11) is 0. The lowest BCUT2D eigenvalue weighted by Gasteiger charge is -2.30. The van der Waals surface area contributed by atoms with Gasteiger partial charge in [0.05, 0.1) is 29.6 Å². The van der Waals surface area contributed by atoms with Crippen molar-refractivity contribution in [2.75, 3.05) is 6.61 Å². The molecule has 5 fully saturated rings. The standard InChI is InChI=1S/C25H34N4O5S/c1-2-33-24(32)15-9-7-14(8-10-15)19-12-11-16(34-19)13-20-22(30)27-25(35-20)29-28-21-17-5-3-4-6-18(17)26-23(21)31/h13-19H,2-12H2,1H3,(H,26,31)(H,27,29,30)/b20-13-,28-21-. The summed E-state index contributed by atoms with van der Waals surface area (Å²) in [5, 5.41) is 14.6. The average molecular weight is 503 g/mol. The van der Waals surface area contributed by atoms with Gasteiger partial charge in [-0.15, -0.1) is 10.2 Å². The molecule has 3 heterocycles. The van der Waals surface area contributed by atoms with E-state index >= 15 is 0 Å². The molecule has 3 aliphatic heterocycles. The number of amides is 2. The van der Waals surface area contributed by atoms with E-state index in [4.69, 9.17) is 9.47 Å². The van der Waals surface area contributed by atoms with E-state index in [0.717, 1.165) is 64.2 Å². The summed E-state index contributed by atoms with van der Waals surface area (Å²) in [6, 6.07) is 0.171. The van der Waals surface area contributed by atoms with Crippen LogP contribution in [0.4, 0.5) is 0 Å². The Morgan fingerprint density at radius 1 is 1.06 bits per heavy atom. The summed E-state index contributed by atoms with van der Waals surface area (Å²) in [6.45, 7) is 2.28. The number of fused-ring (bicyclic) bond motifs is 1. The fraction of sp³-hybridized carbons (Fsp3) is 0.720. The van der Waals surface area contributed by atoms with Crippen LogP contribution in [0.25, 0.3) is 0 Å². The van der Waals surface area contributed by atoms with E-state index in [1.807, 2.05) is 13.0 Å². The van der Waals surface area contributed by atoms with Crippen LogP contribution in [0.5, 0.6) is 0 Å². The molecule has 0 aromatic heterocycles. The summed E-state index contributed by atoms with van der Waals surface area (Å²) in [5.41, 5.74) is 0.481. The molecule has 3 saturated heterocycles. The van der Waals surface area contributed by atoms with Gasteiger partial charge in [0, 0.05) is 12.0 Å². The van der Waals surface area contributed by atoms with Crippen LogP contribution < -0.4 is 10.6 Å². The van der Waals surface area contributed by atoms with Crippen molar-refractivity contribution in [1.82, 2.24) is 10.6 Å². The Labute approximate surface area is 209 Å². The number of esters is 1. The normalized spacial score (nSPS) is 38.6. The zero-order chi connectivity index (χ0) is 24.4. The maximum atomic E-state index is 12.5. The molecule has 0 aromatic rings. The molecular formula is C25H34N4O5S. The van der Waals surface area contributed by atoms with Crippen LogP contribution in [-0.2, 0) is 23.9 Å². The Hall–Kier alpha value is -2.20. The lowest BCUT2D eigenvalue weighted by atomic mass is 9.79. The van der Waals surface area contributed by atoms with Crippen molar-refractivity contribution in [3.05, 3.63) is 11.0 Å². The number of carbonyl (C=O) groups excluding carboxylic acids is 3. The minimum absolute atomic E-state index is 0.0182. The molecule has 4 unspecified atom stereocenters. The Morgan fingerprint density at radius 2 is 1.86 bits per heavy atom. The average Bonchev–Trinajstić information content (AvgIpc) is 3.55. The lowest BCUT2D eigenvalue weighted by Crippen LogP contribution is -2.31. The van der Waals surface area contributed by atoms with Gasteiger partial charge in [-0.3, -0.25) is 19.7 Å². The topological polar surface area (TPSA) is 118 Å². The highest BCUT2D eigenvalue weighted by Gasteiger charge is 2.41. The number of hydrogen-bond donors (Lipinski definition) is 2. The molecule has 4 atom stereocenters. The van der Waals surface area contributed by atoms with Gasteiger partial charge < -0.3 is 14.8 Å². The van der Waals surface area contributed by atoms with E-state index in [0.29, 0.717) is 28.3 Å². The summed E-state index contributed by atoms with van der Waals surface area (Å²) in [4.78, 5) is 37.3. The Morgan fingerprint density at radius 3 is 2.66 bits per heavy atom. The number of nitrogens with zero attached hydrogens (tertiary/aromatic N) is 2. The first kappa shape index (κ1) is 24.5. The second-order valence-electron chi connectivity index (χ2n) is 10.1. The van der Waals surface area contributed by atoms with Crippen LogP contribution in [0.1, 0.15) is 71.1 Å². The van der Waals surface area contributed by atoms with Gasteiger partial charge in [0.15, 0.2) is 5.17 Å². The summed E-state index contributed by atoms with van der Waals surface area (Å²) < 4.78 is 11.5. The molecule has 35 heavy (non-hydrogen) atoms. The van der Waals surface area contributed by atoms with Gasteiger partial charge >= 0.3 is 5.97 Å². The first-order chi connectivity index (χ1) is 17.0. The van der Waals surface area contributed by atoms with Crippen molar-refractivity contribution < 1.29 is 23.9 Å². The molecule has 190 valence electrons. The van der Waals surface area contributed by atoms with E-state index in [-0.39, 0.29) is 47.9 Å². The largest absolute Gasteiger partial charge is 0.466 e. The molecule has 0 aromatic carbocycles. The van der Waals surface area contributed by atoms with Crippen molar-refractivity contribution in [3.63, 3.8) is 0 Å². The maximum absolute atomic E-state index is 12.5. The highest BCUT2D eigenvalue weighted by Crippen LogP contribution is 2.38. The van der Waals surface area contributed by atoms with Gasteiger partial charge in [0.2, 0.25) is 0 Å². The highest BCUT2D eigenvalue weighted by atomic mass is 32.2. The van der Waals surface area contributed by atoms with Gasteiger partial charge in [-0.05, 0) is 82.0 Å². The predicted octanol–water partition coefficient (Wildman–Crippen LogP) is 3.05. The van der Waals surface area contributed by atoms with Crippen molar-refractivity contribution in [1.29, 1.82) is 0 Å². The zero-order valence-corrected chi connectivity index (χ0v) is 21.0. The molecule has 9 nitrogen and oxygen atoms in total. The number of carbonyl (C=O) groups is 3. The first-order valence-electron chi connectivity index (χ1n) is 13.0. The fourth-order valence-corrected chi connectivity index (χ4v) is 6.86. The monoisotopic (exact) mass is 502 g/mol. The molecular weight excluding hydrogens is 468 g/mol. The SMILES string of the molecule is CCOC(=O)C1CCC(C2CCC(/C=C3\S/C(=N\N=C4/C(=O)NC5CCCCC45)NC3=O)O2)CC1. The molecule has 2 N–H and O–H groups in total. The fourth-order valence-electron chi connectivity index (χ4n) is 6.06. The lowest BCUT2D eigenvalue weighted by molar-refractivity contribution is -0.149. The molecule has 5 rings (SSSR count). The van der Waals surface area contributed by atoms with Gasteiger partial charge in [0.25, 0.3) is 11.8 Å². The Bertz CT molecular complexity index is 956. The third kappa shape index (κ3) is 5.48. The third-order valence-electron chi connectivity index (χ3n) is 7.91. The molecule has 10 heteroatoms. The van der Waals surface area contributed by atoms with E-state index in [9.17, 15) is 14.4 Å². The van der Waals surface area contributed by atoms with E-state index in [1.54, 1.807) is 0 Å². The third-order valence-corrected chi connectivity index (χ3v) is 8.82. The van der Waals surface area contributed by atoms with Crippen LogP contribution in [0.15, 0.2) is 21.2 Å². The van der Waals surface area contributed by atoms with Crippen molar-refractivity contribution in [2.24, 2.45) is 28.0 Å². The second-order valence-corrected chi connectivity index (χ2v) is 11.1. The highest BCUT2D eigenvalue weighted by molar-refractivity contribution is 8.18. The molecule has 2 saturated carbocycles. The van der Waals surface area contributed by atoms with Gasteiger partial charge in [-0.2, -0.15) is 0 Å². The molecule has 5 aliphatic rings. The minimum Gasteiger partial charge on any atom is -0.466 e. The maximum Gasteiger partial charge on any atom is 0.308 e. The number of thioether (sulfide) groups is 1. The van der Waals surface area contributed by atoms with Crippen molar-refractivity contribution >= 4 is 40.4 Å². The summed E-state index contributed by atoms with van der Waals surface area (Å²) in [6.07, 6.45) is 11.6. The van der Waals surface area contributed by atoms with E-state index < -0.39 is 0 Å². The molecule has 0 bridgehead atoms. The Kier molecular flexibility index (Phi) is 7.57. The number of ether oxygens (including phenoxy) is 2. The number of hydrogen-bond acceptors (Lipinski definition) is 8. The van der Waals surface area contributed by atoms with Gasteiger partial charge in [0.1, 0.15) is 5.71 Å². The van der Waals surface area contributed by atoms with Crippen molar-refractivity contribution in [3.8, 4) is 0 Å². The smallest absolute Gasteiger partial charge is 0.308 e. The van der Waals surface area contributed by atoms with Crippen LogP contribution in [0, 0.1) is 17.8 Å². The van der Waals surface area contributed by atoms with Crippen LogP contribution in [0.2, 0.25) is 0 Å². The molecule has 0 spiro atoms. The van der Waals surface area contributed by atoms with Crippen molar-refractivity contribution in [2.45, 2.75) is 89.4 Å². The van der Waals surface area contributed by atoms with Gasteiger partial charge in [-0.25, -0.2) is 0 Å². The van der Waals surface area contributed by atoms with E-state index in [2.05, 4.69) is 20.8 Å². The number of nitrogens with one attached hydrogen (secondary N) is 2. The molecule has 2 amide bonds. The van der Waals surface area contributed by atoms with Crippen LogP contribution in [0.3, 0.4) is 0 Å². The predicted molar refractivity (Wildman–Crippen MR) is 133 cm³/mol. The first-order valence-corrected chi connectivity index (χ1v) is 13.8. The molecule has 0 radical (unpaired) electrons. The number of amidine groups is 1. The molecule has 2 aliphatic carbocycles. The summed E-state index contributed by atoms with van der Waals surface area (Å²) in [5.74, 6) is 0.169. The van der Waals surface area contributed by atoms with Crippen LogP contribution in [-0.4, -0.2) is 53.5 Å². The van der Waals surface area contributed by atoms with Gasteiger partial charge in [-0.1, -0.05) is 12.8 Å². The second kappa shape index (κ2) is 10.8. The van der Waals surface area contributed by atoms with Crippen LogP contribution >= 0.6 is 11.8 Å². The zero-order valence-electron chi connectivity index (χ0n) is 20.2.